The highest BCUT2D eigenvalue weighted by molar-refractivity contribution is 5.70. The monoisotopic (exact) mass is 265 g/mol. The molecule has 1 fully saturated rings. The predicted molar refractivity (Wildman–Crippen MR) is 76.9 cm³/mol. The summed E-state index contributed by atoms with van der Waals surface area (Å²) in [5.41, 5.74) is 8.17. The summed E-state index contributed by atoms with van der Waals surface area (Å²) in [6.45, 7) is 0.894. The van der Waals surface area contributed by atoms with Crippen LogP contribution in [0.1, 0.15) is 30.0 Å². The van der Waals surface area contributed by atoms with Crippen molar-refractivity contribution < 1.29 is 0 Å². The number of anilines is 2. The number of pyridine rings is 2. The summed E-state index contributed by atoms with van der Waals surface area (Å²) < 4.78 is 0. The van der Waals surface area contributed by atoms with E-state index in [0.717, 1.165) is 24.9 Å². The van der Waals surface area contributed by atoms with E-state index in [0.29, 0.717) is 17.1 Å². The first-order valence-corrected chi connectivity index (χ1v) is 6.62. The van der Waals surface area contributed by atoms with Gasteiger partial charge in [-0.1, -0.05) is 6.07 Å². The molecular weight excluding hydrogens is 250 g/mol. The molecule has 3 heterocycles. The highest BCUT2D eigenvalue weighted by Crippen LogP contribution is 2.37. The molecule has 2 N–H and O–H groups in total. The van der Waals surface area contributed by atoms with Crippen molar-refractivity contribution >= 4 is 11.5 Å². The molecule has 1 unspecified atom stereocenters. The lowest BCUT2D eigenvalue weighted by Gasteiger charge is -2.27. The zero-order valence-electron chi connectivity index (χ0n) is 11.0. The van der Waals surface area contributed by atoms with Crippen LogP contribution in [0.4, 0.5) is 11.5 Å². The number of hydrogen-bond donors (Lipinski definition) is 1. The smallest absolute Gasteiger partial charge is 0.153 e. The number of nitrogens with two attached hydrogens (primary N) is 1. The Morgan fingerprint density at radius 1 is 1.35 bits per heavy atom. The number of aromatic nitrogens is 2. The first-order valence-electron chi connectivity index (χ1n) is 6.62. The molecule has 1 saturated heterocycles. The van der Waals surface area contributed by atoms with Crippen LogP contribution in [0.2, 0.25) is 0 Å². The van der Waals surface area contributed by atoms with Crippen LogP contribution in [0, 0.1) is 11.3 Å². The van der Waals surface area contributed by atoms with Crippen molar-refractivity contribution in [2.45, 2.75) is 18.9 Å². The number of nitrogens with zero attached hydrogens (tertiary/aromatic N) is 4. The van der Waals surface area contributed by atoms with E-state index in [-0.39, 0.29) is 6.04 Å². The molecule has 0 spiro atoms. The van der Waals surface area contributed by atoms with Gasteiger partial charge in [-0.25, -0.2) is 4.98 Å². The summed E-state index contributed by atoms with van der Waals surface area (Å²) in [5, 5.41) is 9.08. The van der Waals surface area contributed by atoms with Gasteiger partial charge in [0, 0.05) is 25.1 Å². The number of nitrogen functional groups attached to an aromatic ring is 1. The van der Waals surface area contributed by atoms with Crippen LogP contribution in [-0.4, -0.2) is 16.5 Å². The summed E-state index contributed by atoms with van der Waals surface area (Å²) in [4.78, 5) is 10.7. The second-order valence-corrected chi connectivity index (χ2v) is 4.85. The Morgan fingerprint density at radius 2 is 2.25 bits per heavy atom. The molecule has 1 atom stereocenters. The maximum Gasteiger partial charge on any atom is 0.153 e. The minimum Gasteiger partial charge on any atom is -0.395 e. The Kier molecular flexibility index (Phi) is 3.21. The molecule has 0 radical (unpaired) electrons. The molecular formula is C15H15N5. The van der Waals surface area contributed by atoms with Crippen LogP contribution >= 0.6 is 0 Å². The van der Waals surface area contributed by atoms with Gasteiger partial charge >= 0.3 is 0 Å². The molecule has 100 valence electrons. The van der Waals surface area contributed by atoms with Gasteiger partial charge in [0.25, 0.3) is 0 Å². The minimum atomic E-state index is 0.229. The fourth-order valence-corrected chi connectivity index (χ4v) is 2.73. The highest BCUT2D eigenvalue weighted by atomic mass is 15.2. The Hall–Kier alpha value is -2.61. The standard InChI is InChI=1S/C15H15N5/c16-9-11-5-7-19-15(14(11)17)20-8-2-4-13(20)12-3-1-6-18-10-12/h1,3,5-7,10,13H,2,4,8,17H2. The zero-order chi connectivity index (χ0) is 13.9. The third-order valence-electron chi connectivity index (χ3n) is 3.68. The van der Waals surface area contributed by atoms with Crippen molar-refractivity contribution in [3.05, 3.63) is 47.9 Å². The van der Waals surface area contributed by atoms with E-state index in [1.54, 1.807) is 18.5 Å². The fourth-order valence-electron chi connectivity index (χ4n) is 2.73. The third kappa shape index (κ3) is 2.05. The highest BCUT2D eigenvalue weighted by Gasteiger charge is 2.29. The van der Waals surface area contributed by atoms with Gasteiger partial charge in [-0.3, -0.25) is 4.98 Å². The van der Waals surface area contributed by atoms with Crippen molar-refractivity contribution in [2.75, 3.05) is 17.2 Å². The minimum absolute atomic E-state index is 0.229. The van der Waals surface area contributed by atoms with Crippen molar-refractivity contribution in [3.63, 3.8) is 0 Å². The third-order valence-corrected chi connectivity index (χ3v) is 3.68. The molecule has 2 aromatic heterocycles. The van der Waals surface area contributed by atoms with E-state index < -0.39 is 0 Å². The Labute approximate surface area is 117 Å². The van der Waals surface area contributed by atoms with Gasteiger partial charge in [-0.2, -0.15) is 5.26 Å². The second-order valence-electron chi connectivity index (χ2n) is 4.85. The first-order chi connectivity index (χ1) is 9.81. The average molecular weight is 265 g/mol. The Balaban J connectivity index is 2.00. The molecule has 1 aliphatic heterocycles. The van der Waals surface area contributed by atoms with Crippen LogP contribution in [0.15, 0.2) is 36.8 Å². The van der Waals surface area contributed by atoms with Crippen LogP contribution in [0.5, 0.6) is 0 Å². The Bertz CT molecular complexity index is 647. The van der Waals surface area contributed by atoms with Crippen molar-refractivity contribution in [3.8, 4) is 6.07 Å². The van der Waals surface area contributed by atoms with Gasteiger partial charge in [0.2, 0.25) is 0 Å². The van der Waals surface area contributed by atoms with Crippen molar-refractivity contribution in [1.29, 1.82) is 5.26 Å². The first kappa shape index (κ1) is 12.4. The molecule has 20 heavy (non-hydrogen) atoms. The van der Waals surface area contributed by atoms with E-state index in [9.17, 15) is 0 Å². The lowest BCUT2D eigenvalue weighted by molar-refractivity contribution is 0.709. The van der Waals surface area contributed by atoms with E-state index in [1.165, 1.54) is 0 Å². The maximum atomic E-state index is 9.08. The molecule has 0 bridgehead atoms. The molecule has 5 heteroatoms. The van der Waals surface area contributed by atoms with E-state index >= 15 is 0 Å². The number of rotatable bonds is 2. The number of nitriles is 1. The quantitative estimate of drug-likeness (QED) is 0.901. The predicted octanol–water partition coefficient (Wildman–Crippen LogP) is 2.27. The van der Waals surface area contributed by atoms with Gasteiger partial charge in [-0.15, -0.1) is 0 Å². The van der Waals surface area contributed by atoms with Crippen LogP contribution < -0.4 is 10.6 Å². The van der Waals surface area contributed by atoms with E-state index in [1.807, 2.05) is 12.3 Å². The molecule has 5 nitrogen and oxygen atoms in total. The second kappa shape index (κ2) is 5.17. The molecule has 0 amide bonds. The average Bonchev–Trinajstić information content (AvgIpc) is 2.97. The molecule has 0 saturated carbocycles. The lowest BCUT2D eigenvalue weighted by Crippen LogP contribution is -2.25. The molecule has 3 rings (SSSR count). The van der Waals surface area contributed by atoms with Gasteiger partial charge in [-0.05, 0) is 30.5 Å². The zero-order valence-corrected chi connectivity index (χ0v) is 11.0. The van der Waals surface area contributed by atoms with E-state index in [4.69, 9.17) is 11.0 Å². The van der Waals surface area contributed by atoms with Crippen LogP contribution in [0.25, 0.3) is 0 Å². The normalized spacial score (nSPS) is 17.9. The van der Waals surface area contributed by atoms with Crippen LogP contribution in [-0.2, 0) is 0 Å². The van der Waals surface area contributed by atoms with Gasteiger partial charge < -0.3 is 10.6 Å². The number of hydrogen-bond acceptors (Lipinski definition) is 5. The molecule has 1 aliphatic rings. The van der Waals surface area contributed by atoms with Crippen molar-refractivity contribution in [1.82, 2.24) is 9.97 Å². The van der Waals surface area contributed by atoms with Gasteiger partial charge in [0.1, 0.15) is 6.07 Å². The Morgan fingerprint density at radius 3 is 3.00 bits per heavy atom. The summed E-state index contributed by atoms with van der Waals surface area (Å²) in [5.74, 6) is 0.704. The summed E-state index contributed by atoms with van der Waals surface area (Å²) >= 11 is 0. The molecule has 0 aliphatic carbocycles. The van der Waals surface area contributed by atoms with E-state index in [2.05, 4.69) is 27.0 Å². The fraction of sp³-hybridized carbons (Fsp3) is 0.267. The molecule has 2 aromatic rings. The van der Waals surface area contributed by atoms with Gasteiger partial charge in [0.15, 0.2) is 5.82 Å². The largest absolute Gasteiger partial charge is 0.395 e. The lowest BCUT2D eigenvalue weighted by atomic mass is 10.1. The summed E-state index contributed by atoms with van der Waals surface area (Å²) in [7, 11) is 0. The molecule has 0 aromatic carbocycles. The van der Waals surface area contributed by atoms with Crippen molar-refractivity contribution in [2.24, 2.45) is 0 Å². The summed E-state index contributed by atoms with van der Waals surface area (Å²) in [6, 6.07) is 7.99. The van der Waals surface area contributed by atoms with Gasteiger partial charge in [0.05, 0.1) is 17.3 Å². The summed E-state index contributed by atoms with van der Waals surface area (Å²) in [6.07, 6.45) is 7.42. The topological polar surface area (TPSA) is 78.8 Å². The van der Waals surface area contributed by atoms with Crippen LogP contribution in [0.3, 0.4) is 0 Å². The SMILES string of the molecule is N#Cc1ccnc(N2CCCC2c2cccnc2)c1N. The maximum absolute atomic E-state index is 9.08.